The van der Waals surface area contributed by atoms with Crippen LogP contribution < -0.4 is 4.74 Å². The number of pyridine rings is 1. The highest BCUT2D eigenvalue weighted by Crippen LogP contribution is 2.40. The van der Waals surface area contributed by atoms with E-state index >= 15 is 0 Å². The molecule has 0 bridgehead atoms. The number of aryl methyl sites for hydroxylation is 1. The molecule has 1 aliphatic rings. The van der Waals surface area contributed by atoms with E-state index in [1.54, 1.807) is 25.3 Å². The third-order valence-electron chi connectivity index (χ3n) is 6.17. The third kappa shape index (κ3) is 7.15. The number of hydrogen-bond acceptors (Lipinski definition) is 7. The summed E-state index contributed by atoms with van der Waals surface area (Å²) in [5, 5.41) is 11.3. The summed E-state index contributed by atoms with van der Waals surface area (Å²) in [5.74, 6) is -1.47. The predicted octanol–water partition coefficient (Wildman–Crippen LogP) is 6.58. The van der Waals surface area contributed by atoms with Crippen molar-refractivity contribution >= 4 is 17.3 Å². The number of esters is 1. The number of rotatable bonds is 7. The summed E-state index contributed by atoms with van der Waals surface area (Å²) in [6.07, 6.45) is 1.61. The van der Waals surface area contributed by atoms with Crippen molar-refractivity contribution in [3.05, 3.63) is 69.0 Å². The number of halogens is 2. The Balaban J connectivity index is 0.00000121. The molecule has 0 saturated carbocycles. The number of aliphatic hydroxyl groups is 1. The highest BCUT2D eigenvalue weighted by molar-refractivity contribution is 7.14. The Morgan fingerprint density at radius 1 is 1.13 bits per heavy atom. The smallest absolute Gasteiger partial charge is 0.348 e. The van der Waals surface area contributed by atoms with E-state index in [-0.39, 0.29) is 12.5 Å². The minimum absolute atomic E-state index is 0.0316. The fraction of sp³-hybridized carbons (Fsp3) is 0.448. The van der Waals surface area contributed by atoms with Gasteiger partial charge in [-0.15, -0.1) is 11.3 Å². The van der Waals surface area contributed by atoms with Gasteiger partial charge in [0.2, 0.25) is 0 Å². The van der Waals surface area contributed by atoms with Gasteiger partial charge in [-0.25, -0.2) is 13.6 Å². The first-order chi connectivity index (χ1) is 18.1. The van der Waals surface area contributed by atoms with Crippen LogP contribution in [0.4, 0.5) is 8.78 Å². The topological polar surface area (TPSA) is 71.9 Å². The van der Waals surface area contributed by atoms with E-state index in [1.165, 1.54) is 30.6 Å². The molecule has 0 amide bonds. The zero-order valence-corrected chi connectivity index (χ0v) is 24.2. The highest BCUT2D eigenvalue weighted by atomic mass is 32.1. The zero-order chi connectivity index (χ0) is 28.6. The van der Waals surface area contributed by atoms with Gasteiger partial charge in [0.05, 0.1) is 12.7 Å². The number of thiophene rings is 1. The Bertz CT molecular complexity index is 1200. The molecule has 2 aromatic heterocycles. The third-order valence-corrected chi connectivity index (χ3v) is 7.20. The molecule has 9 heteroatoms. The molecule has 0 aliphatic carbocycles. The Kier molecular flexibility index (Phi) is 11.4. The average molecular weight is 549 g/mol. The Morgan fingerprint density at radius 3 is 2.29 bits per heavy atom. The first-order valence-electron chi connectivity index (χ1n) is 12.8. The van der Waals surface area contributed by atoms with Gasteiger partial charge in [0.25, 0.3) is 0 Å². The summed E-state index contributed by atoms with van der Waals surface area (Å²) >= 11 is 1.27. The van der Waals surface area contributed by atoms with Crippen LogP contribution in [-0.2, 0) is 16.9 Å². The summed E-state index contributed by atoms with van der Waals surface area (Å²) in [6, 6.07) is 6.59. The minimum Gasteiger partial charge on any atom is -0.487 e. The lowest BCUT2D eigenvalue weighted by atomic mass is 9.79. The molecule has 208 valence electrons. The lowest BCUT2D eigenvalue weighted by Crippen LogP contribution is -2.53. The maximum Gasteiger partial charge on any atom is 0.348 e. The second-order valence-corrected chi connectivity index (χ2v) is 10.0. The van der Waals surface area contributed by atoms with Crippen molar-refractivity contribution in [2.75, 3.05) is 27.2 Å². The molecule has 4 rings (SSSR count). The first kappa shape index (κ1) is 31.3. The number of methoxy groups -OCH3 is 1. The lowest BCUT2D eigenvalue weighted by molar-refractivity contribution is -0.0713. The molecular formula is C29H38F2N2O4S. The minimum atomic E-state index is -1.14. The van der Waals surface area contributed by atoms with E-state index in [9.17, 15) is 18.7 Å². The number of aromatic nitrogens is 1. The van der Waals surface area contributed by atoms with Crippen molar-refractivity contribution in [2.45, 2.75) is 53.8 Å². The summed E-state index contributed by atoms with van der Waals surface area (Å²) in [7, 11) is 3.30. The Morgan fingerprint density at radius 2 is 1.74 bits per heavy atom. The molecular weight excluding hydrogens is 510 g/mol. The van der Waals surface area contributed by atoms with Crippen molar-refractivity contribution in [3.63, 3.8) is 0 Å². The van der Waals surface area contributed by atoms with Crippen LogP contribution in [0.15, 0.2) is 36.5 Å². The molecule has 6 nitrogen and oxygen atoms in total. The molecule has 1 aromatic carbocycles. The van der Waals surface area contributed by atoms with Crippen molar-refractivity contribution < 1.29 is 28.2 Å². The van der Waals surface area contributed by atoms with Gasteiger partial charge in [0.1, 0.15) is 34.6 Å². The van der Waals surface area contributed by atoms with E-state index in [0.29, 0.717) is 33.0 Å². The molecule has 0 spiro atoms. The molecule has 1 saturated heterocycles. The normalized spacial score (nSPS) is 14.7. The molecule has 0 radical (unpaired) electrons. The summed E-state index contributed by atoms with van der Waals surface area (Å²) in [5.41, 5.74) is 0.905. The SMILES string of the molecule is CC.CC.COC(=O)c1cc(-c2ncc(C(C)(O)C3CN(C)C3)cc2OCc2cc(F)cc(F)c2)c(C)s1. The number of nitrogens with zero attached hydrogens (tertiary/aromatic N) is 2. The lowest BCUT2D eigenvalue weighted by Gasteiger charge is -2.45. The van der Waals surface area contributed by atoms with Gasteiger partial charge in [-0.3, -0.25) is 4.98 Å². The van der Waals surface area contributed by atoms with Crippen LogP contribution in [0, 0.1) is 24.5 Å². The molecule has 3 aromatic rings. The number of benzene rings is 1. The number of likely N-dealkylation sites (tertiary alicyclic amines) is 1. The zero-order valence-electron chi connectivity index (χ0n) is 23.4. The van der Waals surface area contributed by atoms with Crippen molar-refractivity contribution in [1.82, 2.24) is 9.88 Å². The van der Waals surface area contributed by atoms with Crippen LogP contribution in [0.2, 0.25) is 0 Å². The van der Waals surface area contributed by atoms with Crippen LogP contribution in [0.3, 0.4) is 0 Å². The van der Waals surface area contributed by atoms with Gasteiger partial charge in [-0.05, 0) is 50.7 Å². The van der Waals surface area contributed by atoms with Crippen LogP contribution in [0.1, 0.15) is 60.3 Å². The van der Waals surface area contributed by atoms with E-state index in [1.807, 2.05) is 41.7 Å². The molecule has 1 atom stereocenters. The average Bonchev–Trinajstić information content (AvgIpc) is 3.28. The quantitative estimate of drug-likeness (QED) is 0.336. The largest absolute Gasteiger partial charge is 0.487 e. The van der Waals surface area contributed by atoms with Crippen LogP contribution in [-0.4, -0.2) is 48.2 Å². The molecule has 1 N–H and O–H groups in total. The molecule has 38 heavy (non-hydrogen) atoms. The van der Waals surface area contributed by atoms with Gasteiger partial charge < -0.3 is 19.5 Å². The summed E-state index contributed by atoms with van der Waals surface area (Å²) in [4.78, 5) is 20.0. The van der Waals surface area contributed by atoms with Crippen molar-refractivity contribution in [2.24, 2.45) is 5.92 Å². The Hall–Kier alpha value is -2.88. The van der Waals surface area contributed by atoms with E-state index in [2.05, 4.69) is 9.88 Å². The van der Waals surface area contributed by atoms with Gasteiger partial charge in [0, 0.05) is 47.3 Å². The Labute approximate surface area is 228 Å². The maximum atomic E-state index is 13.7. The van der Waals surface area contributed by atoms with Crippen molar-refractivity contribution in [3.8, 4) is 17.0 Å². The first-order valence-corrected chi connectivity index (χ1v) is 13.6. The van der Waals surface area contributed by atoms with E-state index in [4.69, 9.17) is 9.47 Å². The second kappa shape index (κ2) is 13.8. The highest BCUT2D eigenvalue weighted by Gasteiger charge is 2.41. The van der Waals surface area contributed by atoms with E-state index in [0.717, 1.165) is 24.0 Å². The maximum absolute atomic E-state index is 13.7. The standard InChI is InChI=1S/C25H26F2N2O4S.2C2H6/c1-14-20(9-22(34-14)24(30)32-4)23-21(33-13-15-5-18(26)8-19(27)6-15)7-16(10-28-23)25(2,31)17-11-29(3)12-17;2*1-2/h5-10,17,31H,11-13H2,1-4H3;2*1-2H3. The monoisotopic (exact) mass is 548 g/mol. The number of carbonyl (C=O) groups excluding carboxylic acids is 1. The molecule has 1 aliphatic heterocycles. The van der Waals surface area contributed by atoms with Gasteiger partial charge in [-0.1, -0.05) is 27.7 Å². The van der Waals surface area contributed by atoms with Crippen molar-refractivity contribution in [1.29, 1.82) is 0 Å². The number of ether oxygens (including phenoxy) is 2. The van der Waals surface area contributed by atoms with E-state index < -0.39 is 23.2 Å². The fourth-order valence-corrected chi connectivity index (χ4v) is 5.04. The number of hydrogen-bond donors (Lipinski definition) is 1. The van der Waals surface area contributed by atoms with Gasteiger partial charge in [-0.2, -0.15) is 0 Å². The molecule has 1 fully saturated rings. The van der Waals surface area contributed by atoms with Gasteiger partial charge >= 0.3 is 5.97 Å². The second-order valence-electron chi connectivity index (χ2n) is 8.77. The summed E-state index contributed by atoms with van der Waals surface area (Å²) < 4.78 is 38.1. The van der Waals surface area contributed by atoms with Crippen LogP contribution in [0.5, 0.6) is 5.75 Å². The van der Waals surface area contributed by atoms with Crippen LogP contribution >= 0.6 is 11.3 Å². The molecule has 3 heterocycles. The van der Waals surface area contributed by atoms with Crippen LogP contribution in [0.25, 0.3) is 11.3 Å². The predicted molar refractivity (Wildman–Crippen MR) is 148 cm³/mol. The van der Waals surface area contributed by atoms with Gasteiger partial charge in [0.15, 0.2) is 0 Å². The fourth-order valence-electron chi connectivity index (χ4n) is 4.10. The number of carbonyl (C=O) groups is 1. The molecule has 1 unspecified atom stereocenters. The summed E-state index contributed by atoms with van der Waals surface area (Å²) in [6.45, 7) is 13.0.